The van der Waals surface area contributed by atoms with Crippen LogP contribution in [-0.4, -0.2) is 9.97 Å². The zero-order chi connectivity index (χ0) is 17.8. The first-order valence-electron chi connectivity index (χ1n) is 7.35. The summed E-state index contributed by atoms with van der Waals surface area (Å²) in [6, 6.07) is 10.6. The minimum Gasteiger partial charge on any atom is -0.439 e. The summed E-state index contributed by atoms with van der Waals surface area (Å²) in [4.78, 5) is 8.53. The molecular formula is C18H13F3N2OS. The number of hydrogen-bond donors (Lipinski definition) is 0. The second-order valence-electron chi connectivity index (χ2n) is 5.25. The predicted octanol–water partition coefficient (Wildman–Crippen LogP) is 5.29. The van der Waals surface area contributed by atoms with E-state index in [0.29, 0.717) is 33.8 Å². The SMILES string of the molecule is Cc1cc(Oc2ccc(F)cc2)nc(SCc2cc(F)cc(F)c2)n1. The first-order chi connectivity index (χ1) is 12.0. The third kappa shape index (κ3) is 4.96. The Bertz CT molecular complexity index is 868. The van der Waals surface area contributed by atoms with Crippen LogP contribution in [-0.2, 0) is 5.75 Å². The van der Waals surface area contributed by atoms with Crippen molar-refractivity contribution >= 4 is 11.8 Å². The van der Waals surface area contributed by atoms with Gasteiger partial charge in [-0.3, -0.25) is 0 Å². The highest BCUT2D eigenvalue weighted by Crippen LogP contribution is 2.25. The number of aromatic nitrogens is 2. The van der Waals surface area contributed by atoms with E-state index in [4.69, 9.17) is 4.74 Å². The molecule has 3 nitrogen and oxygen atoms in total. The Morgan fingerprint density at radius 1 is 0.880 bits per heavy atom. The van der Waals surface area contributed by atoms with Gasteiger partial charge in [0.15, 0.2) is 5.16 Å². The number of benzene rings is 2. The average molecular weight is 362 g/mol. The van der Waals surface area contributed by atoms with Crippen LogP contribution in [0.3, 0.4) is 0 Å². The van der Waals surface area contributed by atoms with Gasteiger partial charge in [0.2, 0.25) is 5.88 Å². The molecule has 3 rings (SSSR count). The zero-order valence-electron chi connectivity index (χ0n) is 13.2. The minimum atomic E-state index is -0.624. The molecule has 0 radical (unpaired) electrons. The van der Waals surface area contributed by atoms with Gasteiger partial charge in [-0.2, -0.15) is 4.98 Å². The van der Waals surface area contributed by atoms with E-state index in [9.17, 15) is 13.2 Å². The van der Waals surface area contributed by atoms with Crippen molar-refractivity contribution in [2.45, 2.75) is 17.8 Å². The molecule has 0 saturated heterocycles. The van der Waals surface area contributed by atoms with Gasteiger partial charge in [-0.1, -0.05) is 11.8 Å². The van der Waals surface area contributed by atoms with E-state index < -0.39 is 11.6 Å². The smallest absolute Gasteiger partial charge is 0.223 e. The van der Waals surface area contributed by atoms with E-state index in [0.717, 1.165) is 6.07 Å². The van der Waals surface area contributed by atoms with Crippen molar-refractivity contribution in [3.05, 3.63) is 77.2 Å². The molecule has 0 atom stereocenters. The first-order valence-corrected chi connectivity index (χ1v) is 8.33. The van der Waals surface area contributed by atoms with Crippen LogP contribution in [0.1, 0.15) is 11.3 Å². The second kappa shape index (κ2) is 7.57. The van der Waals surface area contributed by atoms with E-state index >= 15 is 0 Å². The predicted molar refractivity (Wildman–Crippen MR) is 89.2 cm³/mol. The number of rotatable bonds is 5. The summed E-state index contributed by atoms with van der Waals surface area (Å²) >= 11 is 1.24. The number of thioether (sulfide) groups is 1. The highest BCUT2D eigenvalue weighted by Gasteiger charge is 2.08. The van der Waals surface area contributed by atoms with Crippen molar-refractivity contribution in [1.29, 1.82) is 0 Å². The van der Waals surface area contributed by atoms with Crippen molar-refractivity contribution in [1.82, 2.24) is 9.97 Å². The van der Waals surface area contributed by atoms with Gasteiger partial charge < -0.3 is 4.74 Å². The number of nitrogens with zero attached hydrogens (tertiary/aromatic N) is 2. The molecule has 0 bridgehead atoms. The molecule has 1 aromatic heterocycles. The Morgan fingerprint density at radius 2 is 1.56 bits per heavy atom. The zero-order valence-corrected chi connectivity index (χ0v) is 14.0. The molecule has 7 heteroatoms. The van der Waals surface area contributed by atoms with E-state index in [2.05, 4.69) is 9.97 Å². The molecule has 0 aliphatic heterocycles. The topological polar surface area (TPSA) is 35.0 Å². The summed E-state index contributed by atoms with van der Waals surface area (Å²) in [5.41, 5.74) is 1.17. The maximum Gasteiger partial charge on any atom is 0.223 e. The molecule has 0 fully saturated rings. The van der Waals surface area contributed by atoms with Crippen LogP contribution in [0.25, 0.3) is 0 Å². The lowest BCUT2D eigenvalue weighted by Crippen LogP contribution is -1.95. The van der Waals surface area contributed by atoms with Crippen molar-refractivity contribution in [2.75, 3.05) is 0 Å². The van der Waals surface area contributed by atoms with Gasteiger partial charge in [-0.15, -0.1) is 0 Å². The van der Waals surface area contributed by atoms with Gasteiger partial charge in [-0.25, -0.2) is 18.2 Å². The Kier molecular flexibility index (Phi) is 5.23. The number of hydrogen-bond acceptors (Lipinski definition) is 4. The maximum absolute atomic E-state index is 13.2. The van der Waals surface area contributed by atoms with Crippen molar-refractivity contribution < 1.29 is 17.9 Å². The molecule has 0 spiro atoms. The molecular weight excluding hydrogens is 349 g/mol. The van der Waals surface area contributed by atoms with Crippen LogP contribution in [0.5, 0.6) is 11.6 Å². The summed E-state index contributed by atoms with van der Waals surface area (Å²) in [5.74, 6) is -0.532. The van der Waals surface area contributed by atoms with Gasteiger partial charge in [0, 0.05) is 23.6 Å². The van der Waals surface area contributed by atoms with Gasteiger partial charge in [0.25, 0.3) is 0 Å². The Hall–Kier alpha value is -2.54. The number of ether oxygens (including phenoxy) is 1. The fourth-order valence-corrected chi connectivity index (χ4v) is 2.92. The van der Waals surface area contributed by atoms with Crippen molar-refractivity contribution in [3.63, 3.8) is 0 Å². The van der Waals surface area contributed by atoms with Crippen molar-refractivity contribution in [2.24, 2.45) is 0 Å². The average Bonchev–Trinajstić information content (AvgIpc) is 2.54. The molecule has 0 amide bonds. The van der Waals surface area contributed by atoms with Crippen LogP contribution >= 0.6 is 11.8 Å². The molecule has 0 aliphatic rings. The lowest BCUT2D eigenvalue weighted by Gasteiger charge is -2.08. The quantitative estimate of drug-likeness (QED) is 0.456. The van der Waals surface area contributed by atoms with Crippen LogP contribution in [0, 0.1) is 24.4 Å². The Balaban J connectivity index is 1.73. The summed E-state index contributed by atoms with van der Waals surface area (Å²) in [6.07, 6.45) is 0. The third-order valence-corrected chi connectivity index (χ3v) is 4.05. The van der Waals surface area contributed by atoms with E-state index in [-0.39, 0.29) is 5.82 Å². The Labute approximate surface area is 146 Å². The highest BCUT2D eigenvalue weighted by molar-refractivity contribution is 7.98. The number of aryl methyl sites for hydroxylation is 1. The maximum atomic E-state index is 13.2. The summed E-state index contributed by atoms with van der Waals surface area (Å²) in [5, 5.41) is 0.418. The van der Waals surface area contributed by atoms with Crippen LogP contribution < -0.4 is 4.74 Å². The fourth-order valence-electron chi connectivity index (χ4n) is 2.10. The molecule has 0 aliphatic carbocycles. The summed E-state index contributed by atoms with van der Waals surface area (Å²) in [6.45, 7) is 1.78. The molecule has 25 heavy (non-hydrogen) atoms. The highest BCUT2D eigenvalue weighted by atomic mass is 32.2. The van der Waals surface area contributed by atoms with Gasteiger partial charge in [0.05, 0.1) is 0 Å². The molecule has 0 saturated carbocycles. The standard InChI is InChI=1S/C18H13F3N2OS/c1-11-6-17(24-16-4-2-13(19)3-5-16)23-18(22-11)25-10-12-7-14(20)9-15(21)8-12/h2-9H,10H2,1H3. The number of halogens is 3. The van der Waals surface area contributed by atoms with Crippen LogP contribution in [0.2, 0.25) is 0 Å². The minimum absolute atomic E-state index is 0.312. The second-order valence-corrected chi connectivity index (χ2v) is 6.19. The molecule has 0 N–H and O–H groups in total. The third-order valence-electron chi connectivity index (χ3n) is 3.14. The molecule has 0 unspecified atom stereocenters. The van der Waals surface area contributed by atoms with E-state index in [1.807, 2.05) is 0 Å². The van der Waals surface area contributed by atoms with Gasteiger partial charge in [-0.05, 0) is 48.9 Å². The van der Waals surface area contributed by atoms with Gasteiger partial charge >= 0.3 is 0 Å². The van der Waals surface area contributed by atoms with E-state index in [1.54, 1.807) is 13.0 Å². The monoisotopic (exact) mass is 362 g/mol. The molecule has 2 aromatic carbocycles. The lowest BCUT2D eigenvalue weighted by molar-refractivity contribution is 0.453. The van der Waals surface area contributed by atoms with Crippen LogP contribution in [0.4, 0.5) is 13.2 Å². The van der Waals surface area contributed by atoms with E-state index in [1.165, 1.54) is 48.2 Å². The Morgan fingerprint density at radius 3 is 2.24 bits per heavy atom. The molecule has 1 heterocycles. The fraction of sp³-hybridized carbons (Fsp3) is 0.111. The largest absolute Gasteiger partial charge is 0.439 e. The van der Waals surface area contributed by atoms with Crippen molar-refractivity contribution in [3.8, 4) is 11.6 Å². The summed E-state index contributed by atoms with van der Waals surface area (Å²) in [7, 11) is 0. The lowest BCUT2D eigenvalue weighted by atomic mass is 10.2. The normalized spacial score (nSPS) is 10.7. The molecule has 3 aromatic rings. The summed E-state index contributed by atoms with van der Waals surface area (Å²) < 4.78 is 45.0. The van der Waals surface area contributed by atoms with Crippen LogP contribution in [0.15, 0.2) is 53.7 Å². The molecule has 128 valence electrons. The van der Waals surface area contributed by atoms with Gasteiger partial charge in [0.1, 0.15) is 23.2 Å². The first kappa shape index (κ1) is 17.3.